The fraction of sp³-hybridized carbons (Fsp3) is 0.250. The molecule has 0 bridgehead atoms. The molecule has 7 heteroatoms. The summed E-state index contributed by atoms with van der Waals surface area (Å²) in [5.74, 6) is -1.14. The average molecular weight is 315 g/mol. The van der Waals surface area contributed by atoms with E-state index in [0.29, 0.717) is 11.3 Å². The van der Waals surface area contributed by atoms with E-state index >= 15 is 0 Å². The molecule has 0 atom stereocenters. The van der Waals surface area contributed by atoms with E-state index in [1.807, 2.05) is 6.07 Å². The minimum absolute atomic E-state index is 0.0230. The van der Waals surface area contributed by atoms with Crippen LogP contribution in [0.2, 0.25) is 0 Å². The largest absolute Gasteiger partial charge is 0.494 e. The molecule has 1 heterocycles. The van der Waals surface area contributed by atoms with Crippen molar-refractivity contribution in [1.29, 1.82) is 5.26 Å². The number of ether oxygens (including phenoxy) is 1. The third-order valence-corrected chi connectivity index (χ3v) is 3.52. The third-order valence-electron chi connectivity index (χ3n) is 3.52. The van der Waals surface area contributed by atoms with Crippen LogP contribution in [-0.2, 0) is 6.54 Å². The maximum atomic E-state index is 13.7. The second-order valence-corrected chi connectivity index (χ2v) is 4.93. The molecule has 0 amide bonds. The summed E-state index contributed by atoms with van der Waals surface area (Å²) >= 11 is 0. The van der Waals surface area contributed by atoms with E-state index in [0.717, 1.165) is 10.7 Å². The summed E-state index contributed by atoms with van der Waals surface area (Å²) in [6.07, 6.45) is 0. The van der Waals surface area contributed by atoms with Crippen molar-refractivity contribution in [3.63, 3.8) is 0 Å². The van der Waals surface area contributed by atoms with Gasteiger partial charge in [0.15, 0.2) is 17.3 Å². The predicted molar refractivity (Wildman–Crippen MR) is 80.0 cm³/mol. The van der Waals surface area contributed by atoms with Crippen LogP contribution in [0, 0.1) is 31.0 Å². The topological polar surface area (TPSA) is 85.0 Å². The van der Waals surface area contributed by atoms with E-state index in [1.165, 1.54) is 19.2 Å². The van der Waals surface area contributed by atoms with Crippen LogP contribution in [0.3, 0.4) is 0 Å². The Morgan fingerprint density at radius 2 is 2.13 bits per heavy atom. The van der Waals surface area contributed by atoms with Crippen molar-refractivity contribution >= 4 is 5.78 Å². The number of hydrogen-bond donors (Lipinski definition) is 0. The van der Waals surface area contributed by atoms with Crippen LogP contribution in [0.15, 0.2) is 23.0 Å². The molecule has 23 heavy (non-hydrogen) atoms. The van der Waals surface area contributed by atoms with Crippen molar-refractivity contribution in [3.8, 4) is 11.8 Å². The first-order valence-corrected chi connectivity index (χ1v) is 6.74. The van der Waals surface area contributed by atoms with Gasteiger partial charge in [0.25, 0.3) is 5.56 Å². The van der Waals surface area contributed by atoms with Crippen molar-refractivity contribution in [2.75, 3.05) is 7.11 Å². The van der Waals surface area contributed by atoms with Gasteiger partial charge in [-0.15, -0.1) is 0 Å². The highest BCUT2D eigenvalue weighted by molar-refractivity contribution is 5.96. The zero-order valence-electron chi connectivity index (χ0n) is 12.9. The molecule has 0 spiro atoms. The Bertz CT molecular complexity index is 881. The van der Waals surface area contributed by atoms with E-state index in [9.17, 15) is 14.0 Å². The highest BCUT2D eigenvalue weighted by Crippen LogP contribution is 2.18. The molecule has 0 unspecified atom stereocenters. The standard InChI is InChI=1S/C16H14FN3O3/c1-9-10(2)19-20(16(22)12(9)7-18)8-14(21)11-4-5-15(23-3)13(17)6-11/h4-6H,8H2,1-3H3. The molecule has 2 rings (SSSR count). The number of nitriles is 1. The Balaban J connectivity index is 2.38. The summed E-state index contributed by atoms with van der Waals surface area (Å²) in [4.78, 5) is 24.4. The number of halogens is 1. The van der Waals surface area contributed by atoms with Crippen LogP contribution in [0.1, 0.15) is 27.2 Å². The minimum Gasteiger partial charge on any atom is -0.494 e. The van der Waals surface area contributed by atoms with Gasteiger partial charge in [-0.1, -0.05) is 0 Å². The van der Waals surface area contributed by atoms with Crippen LogP contribution >= 0.6 is 0 Å². The Hall–Kier alpha value is -3.01. The number of benzene rings is 1. The summed E-state index contributed by atoms with van der Waals surface area (Å²) < 4.78 is 19.4. The van der Waals surface area contributed by atoms with Crippen LogP contribution in [0.25, 0.3) is 0 Å². The second-order valence-electron chi connectivity index (χ2n) is 4.93. The van der Waals surface area contributed by atoms with Gasteiger partial charge in [-0.2, -0.15) is 10.4 Å². The summed E-state index contributed by atoms with van der Waals surface area (Å²) in [6.45, 7) is 2.89. The van der Waals surface area contributed by atoms with Gasteiger partial charge < -0.3 is 4.74 Å². The van der Waals surface area contributed by atoms with Gasteiger partial charge in [0, 0.05) is 5.56 Å². The normalized spacial score (nSPS) is 10.2. The lowest BCUT2D eigenvalue weighted by Gasteiger charge is -2.09. The quantitative estimate of drug-likeness (QED) is 0.803. The lowest BCUT2D eigenvalue weighted by atomic mass is 10.1. The van der Waals surface area contributed by atoms with Crippen molar-refractivity contribution < 1.29 is 13.9 Å². The average Bonchev–Trinajstić information content (AvgIpc) is 2.53. The Labute approximate surface area is 131 Å². The molecule has 1 aromatic carbocycles. The summed E-state index contributed by atoms with van der Waals surface area (Å²) in [5, 5.41) is 13.1. The van der Waals surface area contributed by atoms with Crippen molar-refractivity contribution in [2.45, 2.75) is 20.4 Å². The third kappa shape index (κ3) is 3.11. The Kier molecular flexibility index (Phi) is 4.55. The Morgan fingerprint density at radius 1 is 1.43 bits per heavy atom. The lowest BCUT2D eigenvalue weighted by Crippen LogP contribution is -2.30. The molecule has 0 saturated heterocycles. The van der Waals surface area contributed by atoms with Crippen LogP contribution in [0.5, 0.6) is 5.75 Å². The summed E-state index contributed by atoms with van der Waals surface area (Å²) in [6, 6.07) is 5.60. The lowest BCUT2D eigenvalue weighted by molar-refractivity contribution is 0.0965. The number of Topliss-reactive ketones (excluding diaryl/α,β-unsaturated/α-hetero) is 1. The molecule has 0 aliphatic carbocycles. The molecule has 6 nitrogen and oxygen atoms in total. The van der Waals surface area contributed by atoms with Gasteiger partial charge in [-0.05, 0) is 37.6 Å². The summed E-state index contributed by atoms with van der Waals surface area (Å²) in [5.41, 5.74) is 0.365. The first-order chi connectivity index (χ1) is 10.9. The fourth-order valence-corrected chi connectivity index (χ4v) is 2.08. The number of rotatable bonds is 4. The number of aryl methyl sites for hydroxylation is 1. The maximum absolute atomic E-state index is 13.7. The molecular formula is C16H14FN3O3. The first-order valence-electron chi connectivity index (χ1n) is 6.74. The number of hydrogen-bond acceptors (Lipinski definition) is 5. The highest BCUT2D eigenvalue weighted by atomic mass is 19.1. The number of nitrogens with zero attached hydrogens (tertiary/aromatic N) is 3. The zero-order valence-corrected chi connectivity index (χ0v) is 12.9. The molecule has 0 N–H and O–H groups in total. The number of carbonyl (C=O) groups excluding carboxylic acids is 1. The monoisotopic (exact) mass is 315 g/mol. The smallest absolute Gasteiger partial charge is 0.285 e. The molecule has 2 aromatic rings. The molecule has 0 radical (unpaired) electrons. The zero-order chi connectivity index (χ0) is 17.1. The molecular weight excluding hydrogens is 301 g/mol. The van der Waals surface area contributed by atoms with E-state index < -0.39 is 17.2 Å². The first kappa shape index (κ1) is 16.4. The molecule has 0 saturated carbocycles. The van der Waals surface area contributed by atoms with Gasteiger partial charge in [0.05, 0.1) is 12.8 Å². The van der Waals surface area contributed by atoms with E-state index in [2.05, 4.69) is 5.10 Å². The maximum Gasteiger partial charge on any atom is 0.285 e. The van der Waals surface area contributed by atoms with Gasteiger partial charge in [-0.3, -0.25) is 9.59 Å². The Morgan fingerprint density at radius 3 is 2.70 bits per heavy atom. The van der Waals surface area contributed by atoms with Gasteiger partial charge >= 0.3 is 0 Å². The number of carbonyl (C=O) groups is 1. The van der Waals surface area contributed by atoms with E-state index in [-0.39, 0.29) is 23.4 Å². The van der Waals surface area contributed by atoms with Gasteiger partial charge in [0.1, 0.15) is 18.2 Å². The number of aromatic nitrogens is 2. The van der Waals surface area contributed by atoms with Gasteiger partial charge in [0.2, 0.25) is 0 Å². The minimum atomic E-state index is -0.670. The van der Waals surface area contributed by atoms with E-state index in [4.69, 9.17) is 10.00 Å². The molecule has 0 fully saturated rings. The fourth-order valence-electron chi connectivity index (χ4n) is 2.08. The van der Waals surface area contributed by atoms with Crippen molar-refractivity contribution in [3.05, 3.63) is 56.8 Å². The molecule has 0 aliphatic rings. The predicted octanol–water partition coefficient (Wildman–Crippen LogP) is 1.76. The second kappa shape index (κ2) is 6.40. The molecule has 0 aliphatic heterocycles. The molecule has 1 aromatic heterocycles. The highest BCUT2D eigenvalue weighted by Gasteiger charge is 2.16. The van der Waals surface area contributed by atoms with Crippen molar-refractivity contribution in [2.24, 2.45) is 0 Å². The molecule has 118 valence electrons. The van der Waals surface area contributed by atoms with Crippen LogP contribution < -0.4 is 10.3 Å². The number of methoxy groups -OCH3 is 1. The van der Waals surface area contributed by atoms with Crippen LogP contribution in [0.4, 0.5) is 4.39 Å². The van der Waals surface area contributed by atoms with Crippen molar-refractivity contribution in [1.82, 2.24) is 9.78 Å². The van der Waals surface area contributed by atoms with E-state index in [1.54, 1.807) is 13.8 Å². The SMILES string of the molecule is COc1ccc(C(=O)Cn2nc(C)c(C)c(C#N)c2=O)cc1F. The van der Waals surface area contributed by atoms with Gasteiger partial charge in [-0.25, -0.2) is 9.07 Å². The van der Waals surface area contributed by atoms with Crippen LogP contribution in [-0.4, -0.2) is 22.7 Å². The number of ketones is 1. The summed E-state index contributed by atoms with van der Waals surface area (Å²) in [7, 11) is 1.32.